The van der Waals surface area contributed by atoms with E-state index < -0.39 is 5.97 Å². The zero-order valence-corrected chi connectivity index (χ0v) is 22.9. The smallest absolute Gasteiger partial charge is 0.330 e. The minimum atomic E-state index is -0.452. The van der Waals surface area contributed by atoms with Crippen molar-refractivity contribution in [2.24, 2.45) is 5.92 Å². The van der Waals surface area contributed by atoms with Gasteiger partial charge in [-0.15, -0.1) is 0 Å². The fourth-order valence-corrected chi connectivity index (χ4v) is 5.24. The summed E-state index contributed by atoms with van der Waals surface area (Å²) in [6.07, 6.45) is 5.47. The second-order valence-corrected chi connectivity index (χ2v) is 10.0. The lowest BCUT2D eigenvalue weighted by Crippen LogP contribution is -2.55. The second-order valence-electron chi connectivity index (χ2n) is 10.0. The van der Waals surface area contributed by atoms with Gasteiger partial charge in [-0.1, -0.05) is 72.8 Å². The van der Waals surface area contributed by atoms with Crippen LogP contribution in [0.4, 0.5) is 10.1 Å². The molecule has 1 heterocycles. The van der Waals surface area contributed by atoms with Gasteiger partial charge in [0.25, 0.3) is 0 Å². The molecule has 0 bridgehead atoms. The van der Waals surface area contributed by atoms with Crippen molar-refractivity contribution < 1.29 is 23.5 Å². The Bertz CT molecular complexity index is 1500. The number of amides is 1. The molecule has 1 saturated heterocycles. The zero-order valence-electron chi connectivity index (χ0n) is 22.9. The first-order chi connectivity index (χ1) is 20.0. The molecule has 41 heavy (non-hydrogen) atoms. The predicted molar refractivity (Wildman–Crippen MR) is 158 cm³/mol. The van der Waals surface area contributed by atoms with E-state index in [9.17, 15) is 14.0 Å². The summed E-state index contributed by atoms with van der Waals surface area (Å²) >= 11 is 0. The fourth-order valence-electron chi connectivity index (χ4n) is 5.24. The Balaban J connectivity index is 1.47. The first-order valence-electron chi connectivity index (χ1n) is 13.7. The number of rotatable bonds is 11. The van der Waals surface area contributed by atoms with Crippen LogP contribution in [-0.4, -0.2) is 19.0 Å². The van der Waals surface area contributed by atoms with E-state index in [1.165, 1.54) is 30.9 Å². The third kappa shape index (κ3) is 6.72. The second kappa shape index (κ2) is 13.1. The molecule has 1 fully saturated rings. The first kappa shape index (κ1) is 27.8. The number of carbonyl (C=O) groups is 2. The maximum absolute atomic E-state index is 13.8. The molecule has 0 spiro atoms. The van der Waals surface area contributed by atoms with Gasteiger partial charge in [0.2, 0.25) is 5.91 Å². The Morgan fingerprint density at radius 2 is 1.59 bits per heavy atom. The Labute approximate surface area is 239 Å². The maximum atomic E-state index is 13.8. The molecule has 0 aliphatic carbocycles. The van der Waals surface area contributed by atoms with Crippen LogP contribution in [0.25, 0.3) is 6.08 Å². The number of hydrogen-bond acceptors (Lipinski definition) is 4. The molecule has 0 N–H and O–H groups in total. The van der Waals surface area contributed by atoms with E-state index in [1.807, 2.05) is 66.7 Å². The molecule has 208 valence electrons. The third-order valence-electron chi connectivity index (χ3n) is 7.35. The Morgan fingerprint density at radius 1 is 0.902 bits per heavy atom. The number of aryl methyl sites for hydroxylation is 1. The van der Waals surface area contributed by atoms with E-state index in [1.54, 1.807) is 23.1 Å². The number of methoxy groups -OCH3 is 1. The summed E-state index contributed by atoms with van der Waals surface area (Å²) in [5.41, 5.74) is 4.52. The molecular formula is C35H32FNO4. The highest BCUT2D eigenvalue weighted by Crippen LogP contribution is 2.48. The molecule has 5 rings (SSSR count). The van der Waals surface area contributed by atoms with Crippen molar-refractivity contribution in [3.05, 3.63) is 137 Å². The summed E-state index contributed by atoms with van der Waals surface area (Å²) in [7, 11) is 1.33. The average molecular weight is 550 g/mol. The van der Waals surface area contributed by atoms with Gasteiger partial charge in [-0.25, -0.2) is 9.18 Å². The van der Waals surface area contributed by atoms with E-state index in [0.717, 1.165) is 29.5 Å². The van der Waals surface area contributed by atoms with Gasteiger partial charge < -0.3 is 14.4 Å². The number of benzene rings is 4. The van der Waals surface area contributed by atoms with Crippen LogP contribution in [0.2, 0.25) is 0 Å². The summed E-state index contributed by atoms with van der Waals surface area (Å²) in [6.45, 7) is 0.341. The van der Waals surface area contributed by atoms with E-state index >= 15 is 0 Å². The minimum Gasteiger partial charge on any atom is -0.489 e. The quantitative estimate of drug-likeness (QED) is 0.112. The lowest BCUT2D eigenvalue weighted by atomic mass is 9.78. The molecule has 0 unspecified atom stereocenters. The standard InChI is InChI=1S/C35H32FNO4/c1-40-33(38)22-16-26-15-21-30(32(23-26)41-24-27-11-6-3-7-12-27)34-31(14-8-13-25-9-4-2-5-10-25)35(39)37(34)29-19-17-28(36)18-20-29/h2-7,9-12,15-23,31,34H,8,13-14,24H2,1H3/t31-,34-/m0/s1. The highest BCUT2D eigenvalue weighted by atomic mass is 19.1. The van der Waals surface area contributed by atoms with E-state index in [-0.39, 0.29) is 23.7 Å². The van der Waals surface area contributed by atoms with Gasteiger partial charge in [0.1, 0.15) is 18.2 Å². The summed E-state index contributed by atoms with van der Waals surface area (Å²) in [4.78, 5) is 27.0. The van der Waals surface area contributed by atoms with Crippen LogP contribution in [-0.2, 0) is 27.4 Å². The van der Waals surface area contributed by atoms with Crippen LogP contribution >= 0.6 is 0 Å². The van der Waals surface area contributed by atoms with E-state index in [2.05, 4.69) is 12.1 Å². The van der Waals surface area contributed by atoms with Gasteiger partial charge in [0, 0.05) is 17.3 Å². The molecule has 0 saturated carbocycles. The van der Waals surface area contributed by atoms with E-state index in [4.69, 9.17) is 9.47 Å². The average Bonchev–Trinajstić information content (AvgIpc) is 3.01. The molecule has 4 aromatic carbocycles. The lowest BCUT2D eigenvalue weighted by molar-refractivity contribution is -0.134. The third-order valence-corrected chi connectivity index (χ3v) is 7.35. The first-order valence-corrected chi connectivity index (χ1v) is 13.7. The Morgan fingerprint density at radius 3 is 2.27 bits per heavy atom. The van der Waals surface area contributed by atoms with Gasteiger partial charge in [-0.05, 0) is 72.4 Å². The maximum Gasteiger partial charge on any atom is 0.330 e. The van der Waals surface area contributed by atoms with Crippen molar-refractivity contribution in [2.45, 2.75) is 31.9 Å². The van der Waals surface area contributed by atoms with Gasteiger partial charge in [-0.3, -0.25) is 4.79 Å². The lowest BCUT2D eigenvalue weighted by Gasteiger charge is -2.48. The van der Waals surface area contributed by atoms with Gasteiger partial charge in [0.15, 0.2) is 0 Å². The number of anilines is 1. The van der Waals surface area contributed by atoms with Crippen LogP contribution in [0, 0.1) is 11.7 Å². The highest BCUT2D eigenvalue weighted by molar-refractivity contribution is 6.03. The SMILES string of the molecule is COC(=O)C=Cc1ccc([C@H]2[C@H](CCCc3ccccc3)C(=O)N2c2ccc(F)cc2)c(OCc2ccccc2)c1. The Hall–Kier alpha value is -4.71. The molecule has 1 aliphatic rings. The Kier molecular flexibility index (Phi) is 8.89. The summed E-state index contributed by atoms with van der Waals surface area (Å²) < 4.78 is 24.9. The number of ether oxygens (including phenoxy) is 2. The summed E-state index contributed by atoms with van der Waals surface area (Å²) in [5, 5.41) is 0. The molecule has 1 aliphatic heterocycles. The number of hydrogen-bond donors (Lipinski definition) is 0. The van der Waals surface area contributed by atoms with Gasteiger partial charge in [0.05, 0.1) is 19.1 Å². The molecule has 6 heteroatoms. The molecule has 5 nitrogen and oxygen atoms in total. The topological polar surface area (TPSA) is 55.8 Å². The molecule has 0 radical (unpaired) electrons. The molecule has 2 atom stereocenters. The number of esters is 1. The fraction of sp³-hybridized carbons (Fsp3) is 0.200. The number of carbonyl (C=O) groups excluding carboxylic acids is 2. The number of β-lactam (4-membered cyclic amide) rings is 1. The normalized spacial score (nSPS) is 16.4. The van der Waals surface area contributed by atoms with Crippen molar-refractivity contribution in [3.63, 3.8) is 0 Å². The van der Waals surface area contributed by atoms with Gasteiger partial charge >= 0.3 is 5.97 Å². The van der Waals surface area contributed by atoms with E-state index in [0.29, 0.717) is 24.5 Å². The van der Waals surface area contributed by atoms with Crippen LogP contribution < -0.4 is 9.64 Å². The molecule has 1 amide bonds. The van der Waals surface area contributed by atoms with Crippen LogP contribution in [0.1, 0.15) is 41.1 Å². The largest absolute Gasteiger partial charge is 0.489 e. The highest BCUT2D eigenvalue weighted by Gasteiger charge is 2.49. The van der Waals surface area contributed by atoms with Crippen molar-refractivity contribution in [2.75, 3.05) is 12.0 Å². The summed E-state index contributed by atoms with van der Waals surface area (Å²) in [6, 6.07) is 31.6. The van der Waals surface area contributed by atoms with Crippen molar-refractivity contribution in [1.29, 1.82) is 0 Å². The van der Waals surface area contributed by atoms with Crippen molar-refractivity contribution >= 4 is 23.6 Å². The number of halogens is 1. The monoisotopic (exact) mass is 549 g/mol. The van der Waals surface area contributed by atoms with Crippen LogP contribution in [0.3, 0.4) is 0 Å². The van der Waals surface area contributed by atoms with Crippen LogP contribution in [0.5, 0.6) is 5.75 Å². The minimum absolute atomic E-state index is 0.0124. The van der Waals surface area contributed by atoms with Crippen molar-refractivity contribution in [1.82, 2.24) is 0 Å². The zero-order chi connectivity index (χ0) is 28.6. The number of nitrogens with zero attached hydrogens (tertiary/aromatic N) is 1. The van der Waals surface area contributed by atoms with Gasteiger partial charge in [-0.2, -0.15) is 0 Å². The van der Waals surface area contributed by atoms with Crippen molar-refractivity contribution in [3.8, 4) is 5.75 Å². The summed E-state index contributed by atoms with van der Waals surface area (Å²) in [5.74, 6) is -0.422. The molecular weight excluding hydrogens is 517 g/mol. The molecule has 4 aromatic rings. The van der Waals surface area contributed by atoms with Crippen LogP contribution in [0.15, 0.2) is 109 Å². The predicted octanol–water partition coefficient (Wildman–Crippen LogP) is 7.32. The molecule has 0 aromatic heterocycles.